The minimum atomic E-state index is -3.24. The fraction of sp³-hybridized carbons (Fsp3) is 0.562. The highest BCUT2D eigenvalue weighted by Gasteiger charge is 2.28. The number of sulfonamides is 1. The third kappa shape index (κ3) is 3.61. The molecular formula is C16H24N2O3S. The summed E-state index contributed by atoms with van der Waals surface area (Å²) in [5.41, 5.74) is 2.23. The maximum Gasteiger partial charge on any atom is 0.251 e. The summed E-state index contributed by atoms with van der Waals surface area (Å²) in [6.07, 6.45) is 1.60. The van der Waals surface area contributed by atoms with Gasteiger partial charge in [0.05, 0.1) is 11.4 Å². The molecular weight excluding hydrogens is 300 g/mol. The first-order valence-corrected chi connectivity index (χ1v) is 9.37. The van der Waals surface area contributed by atoms with Crippen LogP contribution in [0.5, 0.6) is 0 Å². The van der Waals surface area contributed by atoms with Crippen molar-refractivity contribution in [3.8, 4) is 0 Å². The predicted molar refractivity (Wildman–Crippen MR) is 88.7 cm³/mol. The number of benzene rings is 1. The molecule has 6 heteroatoms. The van der Waals surface area contributed by atoms with E-state index in [1.54, 1.807) is 19.1 Å². The van der Waals surface area contributed by atoms with Gasteiger partial charge < -0.3 is 5.32 Å². The first-order valence-electron chi connectivity index (χ1n) is 7.76. The molecule has 0 aliphatic carbocycles. The Morgan fingerprint density at radius 2 is 2.09 bits per heavy atom. The van der Waals surface area contributed by atoms with Gasteiger partial charge in [-0.25, -0.2) is 8.42 Å². The second-order valence-electron chi connectivity index (χ2n) is 6.00. The number of nitrogens with one attached hydrogen (secondary N) is 1. The molecule has 0 saturated heterocycles. The second kappa shape index (κ2) is 6.69. The van der Waals surface area contributed by atoms with Crippen molar-refractivity contribution in [1.82, 2.24) is 5.32 Å². The lowest BCUT2D eigenvalue weighted by molar-refractivity contribution is 0.0952. The topological polar surface area (TPSA) is 66.5 Å². The molecule has 0 aromatic heterocycles. The third-order valence-corrected chi connectivity index (χ3v) is 5.68. The average Bonchev–Trinajstić information content (AvgIpc) is 2.90. The summed E-state index contributed by atoms with van der Waals surface area (Å²) in [4.78, 5) is 12.1. The summed E-state index contributed by atoms with van der Waals surface area (Å²) in [7, 11) is -3.24. The predicted octanol–water partition coefficient (Wildman–Crippen LogP) is 2.17. The standard InChI is InChI=1S/C16H24N2O3S/c1-4-22(20,21)18-10-8-13-11-14(5-6-15(13)18)16(19)17-9-7-12(2)3/h5-6,11-12H,4,7-10H2,1-3H3,(H,17,19). The van der Waals surface area contributed by atoms with Gasteiger partial charge in [0.2, 0.25) is 10.0 Å². The van der Waals surface area contributed by atoms with Crippen molar-refractivity contribution < 1.29 is 13.2 Å². The van der Waals surface area contributed by atoms with Gasteiger partial charge in [-0.2, -0.15) is 0 Å². The number of anilines is 1. The molecule has 0 atom stereocenters. The van der Waals surface area contributed by atoms with Crippen molar-refractivity contribution in [3.63, 3.8) is 0 Å². The molecule has 0 fully saturated rings. The Bertz CT molecular complexity index is 653. The largest absolute Gasteiger partial charge is 0.352 e. The summed E-state index contributed by atoms with van der Waals surface area (Å²) in [6.45, 7) is 6.99. The smallest absolute Gasteiger partial charge is 0.251 e. The Hall–Kier alpha value is -1.56. The molecule has 1 aliphatic heterocycles. The van der Waals surface area contributed by atoms with E-state index in [9.17, 15) is 13.2 Å². The quantitative estimate of drug-likeness (QED) is 0.872. The van der Waals surface area contributed by atoms with E-state index in [4.69, 9.17) is 0 Å². The number of amides is 1. The van der Waals surface area contributed by atoms with Crippen molar-refractivity contribution >= 4 is 21.6 Å². The van der Waals surface area contributed by atoms with Gasteiger partial charge in [-0.3, -0.25) is 9.10 Å². The van der Waals surface area contributed by atoms with Crippen molar-refractivity contribution in [2.75, 3.05) is 23.1 Å². The van der Waals surface area contributed by atoms with Crippen LogP contribution in [0.1, 0.15) is 43.1 Å². The number of fused-ring (bicyclic) bond motifs is 1. The molecule has 1 aromatic carbocycles. The van der Waals surface area contributed by atoms with Crippen LogP contribution < -0.4 is 9.62 Å². The van der Waals surface area contributed by atoms with E-state index in [0.717, 1.165) is 12.0 Å². The maximum absolute atomic E-state index is 12.1. The van der Waals surface area contributed by atoms with Gasteiger partial charge in [0.15, 0.2) is 0 Å². The number of carbonyl (C=O) groups excluding carboxylic acids is 1. The zero-order chi connectivity index (χ0) is 16.3. The second-order valence-corrected chi connectivity index (χ2v) is 8.19. The van der Waals surface area contributed by atoms with Crippen LogP contribution in [0.15, 0.2) is 18.2 Å². The van der Waals surface area contributed by atoms with Crippen molar-refractivity contribution in [2.45, 2.75) is 33.6 Å². The minimum Gasteiger partial charge on any atom is -0.352 e. The monoisotopic (exact) mass is 324 g/mol. The molecule has 122 valence electrons. The fourth-order valence-electron chi connectivity index (χ4n) is 2.53. The first-order chi connectivity index (χ1) is 10.3. The first kappa shape index (κ1) is 16.8. The number of nitrogens with zero attached hydrogens (tertiary/aromatic N) is 1. The van der Waals surface area contributed by atoms with Crippen LogP contribution in [0.3, 0.4) is 0 Å². The highest BCUT2D eigenvalue weighted by molar-refractivity contribution is 7.92. The normalized spacial score (nSPS) is 14.3. The Balaban J connectivity index is 2.12. The summed E-state index contributed by atoms with van der Waals surface area (Å²) in [5, 5.41) is 2.90. The van der Waals surface area contributed by atoms with E-state index in [2.05, 4.69) is 19.2 Å². The number of carbonyl (C=O) groups is 1. The SMILES string of the molecule is CCS(=O)(=O)N1CCc2cc(C(=O)NCCC(C)C)ccc21. The highest BCUT2D eigenvalue weighted by Crippen LogP contribution is 2.31. The summed E-state index contributed by atoms with van der Waals surface area (Å²) in [6, 6.07) is 5.26. The number of hydrogen-bond acceptors (Lipinski definition) is 3. The summed E-state index contributed by atoms with van der Waals surface area (Å²) >= 11 is 0. The van der Waals surface area contributed by atoms with E-state index in [1.165, 1.54) is 4.31 Å². The Labute approximate surface area is 132 Å². The maximum atomic E-state index is 12.1. The Morgan fingerprint density at radius 1 is 1.36 bits per heavy atom. The lowest BCUT2D eigenvalue weighted by Crippen LogP contribution is -2.30. The van der Waals surface area contributed by atoms with Gasteiger partial charge in [-0.15, -0.1) is 0 Å². The van der Waals surface area contributed by atoms with E-state index in [-0.39, 0.29) is 11.7 Å². The van der Waals surface area contributed by atoms with E-state index < -0.39 is 10.0 Å². The molecule has 1 aromatic rings. The summed E-state index contributed by atoms with van der Waals surface area (Å²) in [5.74, 6) is 0.539. The minimum absolute atomic E-state index is 0.0872. The molecule has 22 heavy (non-hydrogen) atoms. The third-order valence-electron chi connectivity index (χ3n) is 3.90. The molecule has 0 saturated carbocycles. The lowest BCUT2D eigenvalue weighted by atomic mass is 10.1. The van der Waals surface area contributed by atoms with Crippen LogP contribution >= 0.6 is 0 Å². The number of rotatable bonds is 6. The average molecular weight is 324 g/mol. The zero-order valence-corrected chi connectivity index (χ0v) is 14.2. The van der Waals surface area contributed by atoms with E-state index in [1.807, 2.05) is 6.07 Å². The van der Waals surface area contributed by atoms with Crippen LogP contribution in [0.25, 0.3) is 0 Å². The molecule has 0 bridgehead atoms. The molecule has 0 spiro atoms. The highest BCUT2D eigenvalue weighted by atomic mass is 32.2. The van der Waals surface area contributed by atoms with Crippen LogP contribution in [0.2, 0.25) is 0 Å². The van der Waals surface area contributed by atoms with Crippen molar-refractivity contribution in [2.24, 2.45) is 5.92 Å². The molecule has 1 N–H and O–H groups in total. The van der Waals surface area contributed by atoms with Crippen LogP contribution in [0.4, 0.5) is 5.69 Å². The Morgan fingerprint density at radius 3 is 2.73 bits per heavy atom. The van der Waals surface area contributed by atoms with Gasteiger partial charge >= 0.3 is 0 Å². The van der Waals surface area contributed by atoms with Gasteiger partial charge in [0, 0.05) is 18.7 Å². The molecule has 1 heterocycles. The van der Waals surface area contributed by atoms with Crippen molar-refractivity contribution in [3.05, 3.63) is 29.3 Å². The zero-order valence-electron chi connectivity index (χ0n) is 13.4. The molecule has 1 aliphatic rings. The number of hydrogen-bond donors (Lipinski definition) is 1. The van der Waals surface area contributed by atoms with Gasteiger partial charge in [-0.1, -0.05) is 13.8 Å². The van der Waals surface area contributed by atoms with E-state index in [0.29, 0.717) is 36.7 Å². The molecule has 5 nitrogen and oxygen atoms in total. The summed E-state index contributed by atoms with van der Waals surface area (Å²) < 4.78 is 25.5. The van der Waals surface area contributed by atoms with Crippen LogP contribution in [0, 0.1) is 5.92 Å². The molecule has 1 amide bonds. The van der Waals surface area contributed by atoms with Gasteiger partial charge in [0.1, 0.15) is 0 Å². The fourth-order valence-corrected chi connectivity index (χ4v) is 3.69. The molecule has 0 unspecified atom stereocenters. The van der Waals surface area contributed by atoms with Gasteiger partial charge in [-0.05, 0) is 49.4 Å². The van der Waals surface area contributed by atoms with Gasteiger partial charge in [0.25, 0.3) is 5.91 Å². The van der Waals surface area contributed by atoms with Crippen LogP contribution in [-0.4, -0.2) is 33.2 Å². The molecule has 2 rings (SSSR count). The molecule has 0 radical (unpaired) electrons. The lowest BCUT2D eigenvalue weighted by Gasteiger charge is -2.18. The van der Waals surface area contributed by atoms with Crippen LogP contribution in [-0.2, 0) is 16.4 Å². The van der Waals surface area contributed by atoms with Crippen molar-refractivity contribution in [1.29, 1.82) is 0 Å². The van der Waals surface area contributed by atoms with E-state index >= 15 is 0 Å². The Kier molecular flexibility index (Phi) is 5.11.